The second-order valence-corrected chi connectivity index (χ2v) is 9.34. The zero-order valence-corrected chi connectivity index (χ0v) is 17.8. The van der Waals surface area contributed by atoms with E-state index in [1.807, 2.05) is 25.1 Å². The molecule has 4 rings (SSSR count). The summed E-state index contributed by atoms with van der Waals surface area (Å²) in [4.78, 5) is 16.4. The number of hydrogen-bond donors (Lipinski definition) is 2. The van der Waals surface area contributed by atoms with E-state index in [-0.39, 0.29) is 10.8 Å². The summed E-state index contributed by atoms with van der Waals surface area (Å²) in [5.41, 5.74) is 2.75. The lowest BCUT2D eigenvalue weighted by Gasteiger charge is -2.10. The molecule has 0 aliphatic heterocycles. The minimum absolute atomic E-state index is 0.102. The molecule has 2 N–H and O–H groups in total. The molecule has 30 heavy (non-hydrogen) atoms. The van der Waals surface area contributed by atoms with Gasteiger partial charge in [0, 0.05) is 41.4 Å². The van der Waals surface area contributed by atoms with Crippen LogP contribution in [0.5, 0.6) is 0 Å². The number of para-hydroxylation sites is 1. The van der Waals surface area contributed by atoms with Crippen molar-refractivity contribution in [3.8, 4) is 0 Å². The lowest BCUT2D eigenvalue weighted by Crippen LogP contribution is -2.15. The highest BCUT2D eigenvalue weighted by Crippen LogP contribution is 2.21. The van der Waals surface area contributed by atoms with Gasteiger partial charge in [0.25, 0.3) is 10.0 Å². The molecule has 0 fully saturated rings. The van der Waals surface area contributed by atoms with Gasteiger partial charge in [0.1, 0.15) is 0 Å². The van der Waals surface area contributed by atoms with Crippen molar-refractivity contribution in [1.29, 1.82) is 0 Å². The monoisotopic (exact) mass is 440 g/mol. The fourth-order valence-corrected chi connectivity index (χ4v) is 5.04. The first-order chi connectivity index (χ1) is 14.4. The second kappa shape index (κ2) is 8.29. The Balaban J connectivity index is 1.38. The number of carbonyl (C=O) groups is 1. The van der Waals surface area contributed by atoms with E-state index in [2.05, 4.69) is 31.7 Å². The molecular weight excluding hydrogens is 420 g/mol. The average Bonchev–Trinajstić information content (AvgIpc) is 3.33. The molecule has 0 aliphatic rings. The van der Waals surface area contributed by atoms with Crippen molar-refractivity contribution >= 4 is 49.0 Å². The topological polar surface area (TPSA) is 93.1 Å². The Bertz CT molecular complexity index is 1280. The molecule has 7 nitrogen and oxygen atoms in total. The number of hydrogen-bond acceptors (Lipinski definition) is 5. The van der Waals surface area contributed by atoms with Crippen LogP contribution in [0.15, 0.2) is 71.1 Å². The van der Waals surface area contributed by atoms with Gasteiger partial charge in [-0.1, -0.05) is 18.2 Å². The number of aryl methyl sites for hydroxylation is 2. The van der Waals surface area contributed by atoms with Crippen LogP contribution < -0.4 is 10.0 Å². The highest BCUT2D eigenvalue weighted by molar-refractivity contribution is 7.93. The van der Waals surface area contributed by atoms with Crippen LogP contribution in [-0.4, -0.2) is 23.9 Å². The van der Waals surface area contributed by atoms with Crippen molar-refractivity contribution in [2.75, 3.05) is 10.0 Å². The number of amides is 1. The average molecular weight is 441 g/mol. The number of thiazole rings is 1. The summed E-state index contributed by atoms with van der Waals surface area (Å²) in [5.74, 6) is -0.135. The summed E-state index contributed by atoms with van der Waals surface area (Å²) in [5, 5.41) is 5.96. The van der Waals surface area contributed by atoms with Crippen LogP contribution in [0, 0.1) is 6.92 Å². The molecule has 1 amide bonds. The second-order valence-electron chi connectivity index (χ2n) is 6.76. The maximum absolute atomic E-state index is 12.4. The largest absolute Gasteiger partial charge is 0.344 e. The summed E-state index contributed by atoms with van der Waals surface area (Å²) in [6.07, 6.45) is 1.84. The smallest absolute Gasteiger partial charge is 0.263 e. The number of carbonyl (C=O) groups excluding carboxylic acids is 1. The van der Waals surface area contributed by atoms with Crippen molar-refractivity contribution in [2.24, 2.45) is 0 Å². The predicted molar refractivity (Wildman–Crippen MR) is 119 cm³/mol. The van der Waals surface area contributed by atoms with E-state index in [9.17, 15) is 13.2 Å². The van der Waals surface area contributed by atoms with Gasteiger partial charge in [-0.05, 0) is 48.7 Å². The third-order valence-electron chi connectivity index (χ3n) is 4.68. The molecule has 154 valence electrons. The molecule has 0 radical (unpaired) electrons. The van der Waals surface area contributed by atoms with Crippen molar-refractivity contribution < 1.29 is 13.2 Å². The van der Waals surface area contributed by atoms with E-state index in [4.69, 9.17) is 0 Å². The molecule has 2 aromatic heterocycles. The van der Waals surface area contributed by atoms with Gasteiger partial charge in [0.2, 0.25) is 5.91 Å². The Labute approximate surface area is 178 Å². The molecule has 0 aliphatic carbocycles. The Morgan fingerprint density at radius 1 is 1.13 bits per heavy atom. The number of fused-ring (bicyclic) bond motifs is 1. The number of anilines is 2. The van der Waals surface area contributed by atoms with E-state index >= 15 is 0 Å². The summed E-state index contributed by atoms with van der Waals surface area (Å²) < 4.78 is 29.3. The third-order valence-corrected chi connectivity index (χ3v) is 6.86. The molecular formula is C21H20N4O3S2. The van der Waals surface area contributed by atoms with Crippen LogP contribution in [0.25, 0.3) is 10.9 Å². The van der Waals surface area contributed by atoms with Crippen LogP contribution in [0.3, 0.4) is 0 Å². The van der Waals surface area contributed by atoms with Crippen LogP contribution in [0.4, 0.5) is 10.8 Å². The fourth-order valence-electron chi connectivity index (χ4n) is 3.25. The summed E-state index contributed by atoms with van der Waals surface area (Å²) in [7, 11) is -3.71. The van der Waals surface area contributed by atoms with Gasteiger partial charge in [-0.15, -0.1) is 11.3 Å². The molecule has 0 atom stereocenters. The quantitative estimate of drug-likeness (QED) is 0.450. The molecule has 2 heterocycles. The highest BCUT2D eigenvalue weighted by Gasteiger charge is 2.15. The first-order valence-corrected chi connectivity index (χ1v) is 11.7. The zero-order chi connectivity index (χ0) is 21.1. The minimum atomic E-state index is -3.71. The van der Waals surface area contributed by atoms with Crippen molar-refractivity contribution in [3.63, 3.8) is 0 Å². The molecule has 0 saturated carbocycles. The first kappa shape index (κ1) is 20.1. The van der Waals surface area contributed by atoms with Gasteiger partial charge in [0.05, 0.1) is 4.90 Å². The number of aromatic nitrogens is 2. The van der Waals surface area contributed by atoms with Gasteiger partial charge in [0.15, 0.2) is 5.13 Å². The lowest BCUT2D eigenvalue weighted by atomic mass is 10.2. The van der Waals surface area contributed by atoms with E-state index in [1.165, 1.54) is 29.7 Å². The first-order valence-electron chi connectivity index (χ1n) is 9.29. The van der Waals surface area contributed by atoms with E-state index in [0.717, 1.165) is 16.6 Å². The van der Waals surface area contributed by atoms with Gasteiger partial charge >= 0.3 is 0 Å². The molecule has 4 aromatic rings. The number of nitrogens with zero attached hydrogens (tertiary/aromatic N) is 2. The Kier molecular flexibility index (Phi) is 5.56. The molecule has 9 heteroatoms. The van der Waals surface area contributed by atoms with Gasteiger partial charge in [-0.2, -0.15) is 0 Å². The summed E-state index contributed by atoms with van der Waals surface area (Å²) in [6, 6.07) is 16.2. The van der Waals surface area contributed by atoms with Crippen molar-refractivity contribution in [1.82, 2.24) is 9.55 Å². The maximum atomic E-state index is 12.4. The van der Waals surface area contributed by atoms with Gasteiger partial charge < -0.3 is 9.88 Å². The Morgan fingerprint density at radius 2 is 1.90 bits per heavy atom. The number of benzene rings is 2. The summed E-state index contributed by atoms with van der Waals surface area (Å²) >= 11 is 1.20. The molecule has 0 spiro atoms. The normalized spacial score (nSPS) is 11.5. The molecule has 0 saturated heterocycles. The minimum Gasteiger partial charge on any atom is -0.344 e. The lowest BCUT2D eigenvalue weighted by molar-refractivity contribution is -0.116. The molecule has 2 aromatic carbocycles. The number of sulfonamides is 1. The van der Waals surface area contributed by atoms with Crippen LogP contribution in [0.1, 0.15) is 12.1 Å². The number of rotatable bonds is 7. The van der Waals surface area contributed by atoms with E-state index < -0.39 is 10.0 Å². The fraction of sp³-hybridized carbons (Fsp3) is 0.143. The van der Waals surface area contributed by atoms with Gasteiger partial charge in [-0.3, -0.25) is 9.52 Å². The Hall–Kier alpha value is -3.17. The van der Waals surface area contributed by atoms with Crippen LogP contribution in [-0.2, 0) is 21.4 Å². The maximum Gasteiger partial charge on any atom is 0.263 e. The molecule has 0 bridgehead atoms. The summed E-state index contributed by atoms with van der Waals surface area (Å²) in [6.45, 7) is 2.59. The third kappa shape index (κ3) is 4.37. The Morgan fingerprint density at radius 3 is 2.63 bits per heavy atom. The van der Waals surface area contributed by atoms with E-state index in [1.54, 1.807) is 17.5 Å². The van der Waals surface area contributed by atoms with E-state index in [0.29, 0.717) is 23.8 Å². The van der Waals surface area contributed by atoms with Crippen LogP contribution >= 0.6 is 11.3 Å². The van der Waals surface area contributed by atoms with Crippen LogP contribution in [0.2, 0.25) is 0 Å². The zero-order valence-electron chi connectivity index (χ0n) is 16.2. The standard InChI is InChI=1S/C21H20N4O3S2/c1-15-14-16-4-2-3-5-19(16)25(15)12-10-20(26)23-17-6-8-18(9-7-17)30(27,28)24-21-22-11-13-29-21/h2-9,11,13-14H,10,12H2,1H3,(H,22,24)(H,23,26). The molecule has 0 unspecified atom stereocenters. The number of nitrogens with one attached hydrogen (secondary N) is 2. The predicted octanol–water partition coefficient (Wildman–Crippen LogP) is 4.24. The van der Waals surface area contributed by atoms with Gasteiger partial charge in [-0.25, -0.2) is 13.4 Å². The van der Waals surface area contributed by atoms with Crippen molar-refractivity contribution in [3.05, 3.63) is 71.9 Å². The van der Waals surface area contributed by atoms with Crippen molar-refractivity contribution in [2.45, 2.75) is 24.8 Å². The highest BCUT2D eigenvalue weighted by atomic mass is 32.2. The SMILES string of the molecule is Cc1cc2ccccc2n1CCC(=O)Nc1ccc(S(=O)(=O)Nc2nccs2)cc1.